The quantitative estimate of drug-likeness (QED) is 0.514. The number of pyridine rings is 1. The fourth-order valence-corrected chi connectivity index (χ4v) is 3.58. The molecule has 0 aliphatic carbocycles. The molecule has 0 unspecified atom stereocenters. The summed E-state index contributed by atoms with van der Waals surface area (Å²) in [5, 5.41) is 15.7. The van der Waals surface area contributed by atoms with Crippen LogP contribution in [0.25, 0.3) is 39.2 Å². The van der Waals surface area contributed by atoms with Gasteiger partial charge in [-0.1, -0.05) is 5.16 Å². The Labute approximate surface area is 157 Å². The van der Waals surface area contributed by atoms with Gasteiger partial charge in [0.05, 0.1) is 28.0 Å². The Morgan fingerprint density at radius 2 is 2.15 bits per heavy atom. The Kier molecular flexibility index (Phi) is 3.65. The zero-order valence-electron chi connectivity index (χ0n) is 14.2. The van der Waals surface area contributed by atoms with Crippen molar-refractivity contribution in [2.45, 2.75) is 6.92 Å². The number of thiophene rings is 1. The Balaban J connectivity index is 1.51. The molecule has 0 saturated heterocycles. The SMILES string of the molecule is Cc1ccc(-c2cc(-c3nc(-c4ccncc4-n4cccn4)no3)n[nH]2)s1. The van der Waals surface area contributed by atoms with Crippen molar-refractivity contribution in [1.29, 1.82) is 0 Å². The fraction of sp³-hybridized carbons (Fsp3) is 0.0556. The predicted octanol–water partition coefficient (Wildman–Crippen LogP) is 3.74. The van der Waals surface area contributed by atoms with Crippen LogP contribution in [0.3, 0.4) is 0 Å². The average Bonchev–Trinajstić information content (AvgIpc) is 3.47. The van der Waals surface area contributed by atoms with Gasteiger partial charge < -0.3 is 4.52 Å². The standard InChI is InChI=1S/C18H13N7OS/c1-11-3-4-16(27-11)13-9-14(23-22-13)18-21-17(24-26-18)12-5-7-19-10-15(12)25-8-2-6-20-25/h2-10H,1H3,(H,22,23). The number of hydrogen-bond donors (Lipinski definition) is 1. The first kappa shape index (κ1) is 15.6. The van der Waals surface area contributed by atoms with E-state index >= 15 is 0 Å². The molecular weight excluding hydrogens is 362 g/mol. The third-order valence-electron chi connectivity index (χ3n) is 4.02. The van der Waals surface area contributed by atoms with Gasteiger partial charge in [0.25, 0.3) is 5.89 Å². The van der Waals surface area contributed by atoms with Crippen molar-refractivity contribution in [3.05, 3.63) is 60.0 Å². The van der Waals surface area contributed by atoms with E-state index in [0.29, 0.717) is 17.4 Å². The van der Waals surface area contributed by atoms with E-state index in [9.17, 15) is 0 Å². The van der Waals surface area contributed by atoms with Crippen molar-refractivity contribution in [3.63, 3.8) is 0 Å². The second-order valence-electron chi connectivity index (χ2n) is 5.84. The van der Waals surface area contributed by atoms with E-state index < -0.39 is 0 Å². The molecule has 9 heteroatoms. The first-order valence-electron chi connectivity index (χ1n) is 8.18. The number of aromatic nitrogens is 7. The number of hydrogen-bond acceptors (Lipinski definition) is 7. The first-order chi connectivity index (χ1) is 13.3. The molecule has 0 bridgehead atoms. The monoisotopic (exact) mass is 375 g/mol. The summed E-state index contributed by atoms with van der Waals surface area (Å²) in [5.41, 5.74) is 3.06. The summed E-state index contributed by atoms with van der Waals surface area (Å²) in [6.07, 6.45) is 6.94. The third kappa shape index (κ3) is 2.83. The molecule has 0 aliphatic heterocycles. The number of rotatable bonds is 4. The van der Waals surface area contributed by atoms with Crippen LogP contribution < -0.4 is 0 Å². The van der Waals surface area contributed by atoms with Crippen LogP contribution in [0.15, 0.2) is 59.6 Å². The molecule has 0 radical (unpaired) electrons. The highest BCUT2D eigenvalue weighted by Gasteiger charge is 2.17. The fourth-order valence-electron chi connectivity index (χ4n) is 2.74. The molecule has 5 aromatic heterocycles. The lowest BCUT2D eigenvalue weighted by molar-refractivity contribution is 0.431. The normalized spacial score (nSPS) is 11.1. The molecule has 132 valence electrons. The molecule has 1 N–H and O–H groups in total. The molecule has 0 saturated carbocycles. The minimum Gasteiger partial charge on any atom is -0.332 e. The molecule has 27 heavy (non-hydrogen) atoms. The Hall–Kier alpha value is -3.59. The van der Waals surface area contributed by atoms with E-state index in [1.165, 1.54) is 4.88 Å². The summed E-state index contributed by atoms with van der Waals surface area (Å²) in [5.74, 6) is 0.804. The smallest absolute Gasteiger partial charge is 0.278 e. The molecule has 5 heterocycles. The van der Waals surface area contributed by atoms with E-state index in [4.69, 9.17) is 4.52 Å². The number of H-pyrrole nitrogens is 1. The number of nitrogens with one attached hydrogen (secondary N) is 1. The van der Waals surface area contributed by atoms with Crippen molar-refractivity contribution in [1.82, 2.24) is 35.1 Å². The van der Waals surface area contributed by atoms with Crippen LogP contribution in [0.4, 0.5) is 0 Å². The van der Waals surface area contributed by atoms with E-state index in [1.807, 2.05) is 24.4 Å². The van der Waals surface area contributed by atoms with Gasteiger partial charge in [-0.15, -0.1) is 11.3 Å². The van der Waals surface area contributed by atoms with Crippen LogP contribution in [0.2, 0.25) is 0 Å². The molecule has 8 nitrogen and oxygen atoms in total. The van der Waals surface area contributed by atoms with E-state index in [0.717, 1.165) is 21.8 Å². The van der Waals surface area contributed by atoms with Gasteiger partial charge in [-0.05, 0) is 37.3 Å². The molecule has 0 amide bonds. The van der Waals surface area contributed by atoms with Gasteiger partial charge >= 0.3 is 0 Å². The van der Waals surface area contributed by atoms with Crippen molar-refractivity contribution in [2.24, 2.45) is 0 Å². The number of nitrogens with zero attached hydrogens (tertiary/aromatic N) is 6. The third-order valence-corrected chi connectivity index (χ3v) is 5.05. The maximum Gasteiger partial charge on any atom is 0.278 e. The average molecular weight is 375 g/mol. The van der Waals surface area contributed by atoms with Gasteiger partial charge in [0.2, 0.25) is 5.82 Å². The first-order valence-corrected chi connectivity index (χ1v) is 9.00. The van der Waals surface area contributed by atoms with Crippen LogP contribution in [0.1, 0.15) is 4.88 Å². The van der Waals surface area contributed by atoms with Crippen LogP contribution in [0, 0.1) is 6.92 Å². The second kappa shape index (κ2) is 6.29. The van der Waals surface area contributed by atoms with Crippen molar-refractivity contribution >= 4 is 11.3 Å². The topological polar surface area (TPSA) is 98.3 Å². The lowest BCUT2D eigenvalue weighted by atomic mass is 10.2. The van der Waals surface area contributed by atoms with Crippen molar-refractivity contribution < 1.29 is 4.52 Å². The van der Waals surface area contributed by atoms with Crippen LogP contribution >= 0.6 is 11.3 Å². The molecule has 0 fully saturated rings. The molecular formula is C18H13N7OS. The number of aromatic amines is 1. The van der Waals surface area contributed by atoms with Gasteiger partial charge in [0.15, 0.2) is 5.69 Å². The van der Waals surface area contributed by atoms with Crippen molar-refractivity contribution in [2.75, 3.05) is 0 Å². The zero-order chi connectivity index (χ0) is 18.2. The van der Waals surface area contributed by atoms with Crippen LogP contribution in [-0.4, -0.2) is 35.1 Å². The Bertz CT molecular complexity index is 1200. The highest BCUT2D eigenvalue weighted by atomic mass is 32.1. The van der Waals surface area contributed by atoms with Gasteiger partial charge in [0, 0.05) is 23.5 Å². The molecule has 0 atom stereocenters. The Morgan fingerprint density at radius 1 is 1.19 bits per heavy atom. The minimum absolute atomic E-state index is 0.351. The number of aryl methyl sites for hydroxylation is 1. The lowest BCUT2D eigenvalue weighted by Crippen LogP contribution is -1.98. The minimum atomic E-state index is 0.351. The van der Waals surface area contributed by atoms with E-state index in [1.54, 1.807) is 34.6 Å². The maximum absolute atomic E-state index is 5.44. The predicted molar refractivity (Wildman–Crippen MR) is 100 cm³/mol. The van der Waals surface area contributed by atoms with E-state index in [2.05, 4.69) is 49.5 Å². The summed E-state index contributed by atoms with van der Waals surface area (Å²) >= 11 is 1.70. The van der Waals surface area contributed by atoms with Gasteiger partial charge in [-0.25, -0.2) is 4.68 Å². The summed E-state index contributed by atoms with van der Waals surface area (Å²) in [6, 6.07) is 9.71. The zero-order valence-corrected chi connectivity index (χ0v) is 15.0. The molecule has 5 rings (SSSR count). The molecule has 5 aromatic rings. The van der Waals surface area contributed by atoms with Crippen LogP contribution in [-0.2, 0) is 0 Å². The Morgan fingerprint density at radius 3 is 2.96 bits per heavy atom. The summed E-state index contributed by atoms with van der Waals surface area (Å²) in [6.45, 7) is 2.07. The summed E-state index contributed by atoms with van der Waals surface area (Å²) in [7, 11) is 0. The van der Waals surface area contributed by atoms with Crippen molar-refractivity contribution in [3.8, 4) is 39.2 Å². The van der Waals surface area contributed by atoms with Gasteiger partial charge in [-0.2, -0.15) is 15.2 Å². The highest BCUT2D eigenvalue weighted by Crippen LogP contribution is 2.30. The van der Waals surface area contributed by atoms with Gasteiger partial charge in [0.1, 0.15) is 0 Å². The highest BCUT2D eigenvalue weighted by molar-refractivity contribution is 7.15. The summed E-state index contributed by atoms with van der Waals surface area (Å²) < 4.78 is 7.15. The lowest BCUT2D eigenvalue weighted by Gasteiger charge is -2.04. The molecule has 0 aromatic carbocycles. The molecule has 0 aliphatic rings. The maximum atomic E-state index is 5.44. The summed E-state index contributed by atoms with van der Waals surface area (Å²) in [4.78, 5) is 11.0. The van der Waals surface area contributed by atoms with E-state index in [-0.39, 0.29) is 0 Å². The second-order valence-corrected chi connectivity index (χ2v) is 7.13. The van der Waals surface area contributed by atoms with Crippen LogP contribution in [0.5, 0.6) is 0 Å². The largest absolute Gasteiger partial charge is 0.332 e. The van der Waals surface area contributed by atoms with Gasteiger partial charge in [-0.3, -0.25) is 10.1 Å². The molecule has 0 spiro atoms.